The summed E-state index contributed by atoms with van der Waals surface area (Å²) in [5.41, 5.74) is 0. The molecule has 0 aromatic rings. The van der Waals surface area contributed by atoms with E-state index in [1.54, 1.807) is 15.7 Å². The van der Waals surface area contributed by atoms with Gasteiger partial charge in [0.2, 0.25) is 0 Å². The summed E-state index contributed by atoms with van der Waals surface area (Å²) in [6, 6.07) is 0. The van der Waals surface area contributed by atoms with Gasteiger partial charge in [-0.1, -0.05) is 0 Å². The lowest BCUT2D eigenvalue weighted by Gasteiger charge is -2.11. The fourth-order valence-corrected chi connectivity index (χ4v) is 0.507. The molecule has 11 heteroatoms. The van der Waals surface area contributed by atoms with Gasteiger partial charge in [-0.2, -0.15) is 0 Å². The van der Waals surface area contributed by atoms with Gasteiger partial charge in [-0.3, -0.25) is 0 Å². The Kier molecular flexibility index (Phi) is 4.74. The van der Waals surface area contributed by atoms with Gasteiger partial charge in [-0.25, -0.2) is 14.4 Å². The summed E-state index contributed by atoms with van der Waals surface area (Å²) in [5, 5.41) is 21.5. The van der Waals surface area contributed by atoms with Crippen LogP contribution in [0, 0.1) is 0 Å². The van der Waals surface area contributed by atoms with Crippen molar-refractivity contribution in [1.29, 1.82) is 0 Å². The first kappa shape index (κ1) is 11.9. The minimum Gasteiger partial charge on any atom is -0.529 e. The molecule has 5 N–H and O–H groups in total. The van der Waals surface area contributed by atoms with E-state index in [1.807, 2.05) is 0 Å². The summed E-state index contributed by atoms with van der Waals surface area (Å²) < 4.78 is 3.63. The van der Waals surface area contributed by atoms with Gasteiger partial charge in [0.25, 0.3) is 0 Å². The summed E-state index contributed by atoms with van der Waals surface area (Å²) in [5.74, 6) is 0. The van der Waals surface area contributed by atoms with Crippen LogP contribution in [0.15, 0.2) is 0 Å². The van der Waals surface area contributed by atoms with Gasteiger partial charge in [0.05, 0.1) is 0 Å². The molecule has 0 aromatic carbocycles. The predicted molar refractivity (Wildman–Crippen MR) is 43.4 cm³/mol. The van der Waals surface area contributed by atoms with Gasteiger partial charge >= 0.3 is 33.4 Å². The van der Waals surface area contributed by atoms with Gasteiger partial charge in [-0.05, 0) is 0 Å². The first-order valence-electron chi connectivity index (χ1n) is 3.12. The molecule has 0 heterocycles. The number of nitrogens with one attached hydrogen (secondary N) is 3. The molecular weight excluding hydrogens is 196 g/mol. The van der Waals surface area contributed by atoms with Crippen LogP contribution in [0.2, 0.25) is 0 Å². The van der Waals surface area contributed by atoms with E-state index in [4.69, 9.17) is 10.2 Å². The van der Waals surface area contributed by atoms with Crippen molar-refractivity contribution < 1.29 is 29.3 Å². The standard InChI is InChI=1S/C3H5B2N3O6/c4-14-3(13)8-5(6-1(9)10)7-2(11)12/h6-7H,(H,8,13)(H,9,10)(H,11,12). The highest BCUT2D eigenvalue weighted by molar-refractivity contribution is 6.58. The Morgan fingerprint density at radius 1 is 1.07 bits per heavy atom. The molecule has 0 saturated heterocycles. The van der Waals surface area contributed by atoms with Crippen LogP contribution in [0.25, 0.3) is 0 Å². The predicted octanol–water partition coefficient (Wildman–Crippen LogP) is -1.68. The van der Waals surface area contributed by atoms with Gasteiger partial charge in [0.1, 0.15) is 0 Å². The van der Waals surface area contributed by atoms with Crippen molar-refractivity contribution in [2.75, 3.05) is 0 Å². The maximum absolute atomic E-state index is 10.5. The summed E-state index contributed by atoms with van der Waals surface area (Å²) in [4.78, 5) is 30.6. The molecule has 0 rings (SSSR count). The fraction of sp³-hybridized carbons (Fsp3) is 0. The van der Waals surface area contributed by atoms with Gasteiger partial charge in [0, 0.05) is 0 Å². The van der Waals surface area contributed by atoms with Crippen LogP contribution in [-0.2, 0) is 4.65 Å². The van der Waals surface area contributed by atoms with Crippen LogP contribution >= 0.6 is 0 Å². The molecule has 0 unspecified atom stereocenters. The number of carbonyl (C=O) groups excluding carboxylic acids is 1. The van der Waals surface area contributed by atoms with Crippen molar-refractivity contribution in [3.8, 4) is 0 Å². The average molecular weight is 201 g/mol. The molecule has 9 nitrogen and oxygen atoms in total. The molecule has 0 atom stereocenters. The molecule has 0 saturated carbocycles. The molecule has 0 aliphatic rings. The molecule has 0 aromatic heterocycles. The lowest BCUT2D eigenvalue weighted by atomic mass is 9.95. The number of hydrogen-bond donors (Lipinski definition) is 5. The third kappa shape index (κ3) is 5.57. The Bertz CT molecular complexity index is 230. The molecule has 0 spiro atoms. The lowest BCUT2D eigenvalue weighted by molar-refractivity contribution is 0.197. The first-order valence-corrected chi connectivity index (χ1v) is 3.12. The first-order chi connectivity index (χ1) is 6.45. The lowest BCUT2D eigenvalue weighted by Crippen LogP contribution is -2.62. The minimum atomic E-state index is -1.54. The Hall–Kier alpha value is -2.06. The molecule has 2 radical (unpaired) electrons. The van der Waals surface area contributed by atoms with E-state index in [0.717, 1.165) is 0 Å². The second kappa shape index (κ2) is 5.56. The van der Waals surface area contributed by atoms with Gasteiger partial charge in [0.15, 0.2) is 0 Å². The molecular formula is C3H5B2N3O6. The number of carbonyl (C=O) groups is 3. The van der Waals surface area contributed by atoms with E-state index in [1.165, 1.54) is 0 Å². The zero-order chi connectivity index (χ0) is 11.1. The largest absolute Gasteiger partial charge is 0.529 e. The molecule has 0 bridgehead atoms. The molecule has 0 aliphatic carbocycles. The van der Waals surface area contributed by atoms with Crippen LogP contribution in [0.3, 0.4) is 0 Å². The number of amides is 3. The molecule has 14 heavy (non-hydrogen) atoms. The number of hydrogen-bond acceptors (Lipinski definition) is 4. The van der Waals surface area contributed by atoms with Crippen LogP contribution in [0.1, 0.15) is 0 Å². The van der Waals surface area contributed by atoms with E-state index >= 15 is 0 Å². The van der Waals surface area contributed by atoms with Crippen LogP contribution < -0.4 is 15.7 Å². The van der Waals surface area contributed by atoms with E-state index in [2.05, 4.69) is 12.7 Å². The van der Waals surface area contributed by atoms with Crippen molar-refractivity contribution in [3.63, 3.8) is 0 Å². The molecule has 74 valence electrons. The third-order valence-corrected chi connectivity index (χ3v) is 0.905. The molecule has 0 aliphatic heterocycles. The van der Waals surface area contributed by atoms with Crippen LogP contribution in [0.4, 0.5) is 14.4 Å². The normalized spacial score (nSPS) is 8.29. The third-order valence-electron chi connectivity index (χ3n) is 0.905. The quantitative estimate of drug-likeness (QED) is 0.345. The van der Waals surface area contributed by atoms with Gasteiger partial charge in [-0.15, -0.1) is 0 Å². The molecule has 0 fully saturated rings. The van der Waals surface area contributed by atoms with Crippen molar-refractivity contribution in [2.45, 2.75) is 0 Å². The van der Waals surface area contributed by atoms with Crippen LogP contribution in [-0.4, -0.2) is 43.7 Å². The maximum Gasteiger partial charge on any atom is 0.511 e. The smallest absolute Gasteiger partial charge is 0.511 e. The summed E-state index contributed by atoms with van der Waals surface area (Å²) in [6.45, 7) is 0. The maximum atomic E-state index is 10.5. The zero-order valence-corrected chi connectivity index (χ0v) is 6.68. The van der Waals surface area contributed by atoms with Crippen molar-refractivity contribution >= 4 is 33.4 Å². The van der Waals surface area contributed by atoms with Crippen molar-refractivity contribution in [1.82, 2.24) is 15.7 Å². The number of carboxylic acid groups (broad SMARTS) is 2. The van der Waals surface area contributed by atoms with E-state index in [0.29, 0.717) is 0 Å². The van der Waals surface area contributed by atoms with Crippen LogP contribution in [0.5, 0.6) is 0 Å². The van der Waals surface area contributed by atoms with E-state index in [-0.39, 0.29) is 0 Å². The second-order valence-electron chi connectivity index (χ2n) is 1.88. The van der Waals surface area contributed by atoms with E-state index < -0.39 is 25.4 Å². The summed E-state index contributed by atoms with van der Waals surface area (Å²) >= 11 is 0. The topological polar surface area (TPSA) is 137 Å². The minimum absolute atomic E-state index is 1.20. The SMILES string of the molecule is [B]OC(=O)NB(NC(=O)O)NC(=O)O. The fourth-order valence-electron chi connectivity index (χ4n) is 0.507. The Morgan fingerprint density at radius 2 is 1.50 bits per heavy atom. The summed E-state index contributed by atoms with van der Waals surface area (Å²) in [7, 11) is 2.88. The highest BCUT2D eigenvalue weighted by Gasteiger charge is 2.24. The van der Waals surface area contributed by atoms with Crippen molar-refractivity contribution in [2.24, 2.45) is 0 Å². The summed E-state index contributed by atoms with van der Waals surface area (Å²) in [6.07, 6.45) is -4.28. The Morgan fingerprint density at radius 3 is 1.79 bits per heavy atom. The Balaban J connectivity index is 4.16. The Labute approximate surface area is 79.4 Å². The monoisotopic (exact) mass is 201 g/mol. The van der Waals surface area contributed by atoms with Crippen molar-refractivity contribution in [3.05, 3.63) is 0 Å². The van der Waals surface area contributed by atoms with Gasteiger partial charge < -0.3 is 30.6 Å². The second-order valence-corrected chi connectivity index (χ2v) is 1.88. The average Bonchev–Trinajstić information content (AvgIpc) is 2.01. The highest BCUT2D eigenvalue weighted by atomic mass is 16.5. The van der Waals surface area contributed by atoms with E-state index in [9.17, 15) is 14.4 Å². The number of rotatable bonds is 3. The molecule has 3 amide bonds. The highest BCUT2D eigenvalue weighted by Crippen LogP contribution is 1.73. The zero-order valence-electron chi connectivity index (χ0n) is 6.68.